The SMILES string of the molecule is O=c1c(Br)c(NCCc2nccs2)cnn1CC1CC1. The Bertz CT molecular complexity index is 636. The van der Waals surface area contributed by atoms with Crippen molar-refractivity contribution in [3.05, 3.63) is 37.6 Å². The zero-order valence-corrected chi connectivity index (χ0v) is 13.3. The topological polar surface area (TPSA) is 59.8 Å². The summed E-state index contributed by atoms with van der Waals surface area (Å²) in [6.07, 6.45) is 6.78. The molecule has 0 aromatic carbocycles. The molecule has 0 aliphatic heterocycles. The van der Waals surface area contributed by atoms with Crippen molar-refractivity contribution in [1.29, 1.82) is 0 Å². The molecule has 0 amide bonds. The summed E-state index contributed by atoms with van der Waals surface area (Å²) in [5.74, 6) is 0.635. The van der Waals surface area contributed by atoms with Crippen LogP contribution >= 0.6 is 27.3 Å². The summed E-state index contributed by atoms with van der Waals surface area (Å²) in [7, 11) is 0. The third-order valence-electron chi connectivity index (χ3n) is 3.25. The van der Waals surface area contributed by atoms with Gasteiger partial charge in [0.1, 0.15) is 4.47 Å². The highest BCUT2D eigenvalue weighted by molar-refractivity contribution is 9.10. The van der Waals surface area contributed by atoms with Gasteiger partial charge in [0.05, 0.1) is 16.9 Å². The molecular formula is C13H15BrN4OS. The Kier molecular flexibility index (Phi) is 4.16. The third kappa shape index (κ3) is 3.27. The molecule has 7 heteroatoms. The molecule has 1 aliphatic rings. The normalized spacial score (nSPS) is 14.4. The monoisotopic (exact) mass is 354 g/mol. The Balaban J connectivity index is 1.64. The van der Waals surface area contributed by atoms with Crippen LogP contribution in [-0.2, 0) is 13.0 Å². The van der Waals surface area contributed by atoms with Crippen LogP contribution in [0.1, 0.15) is 17.8 Å². The van der Waals surface area contributed by atoms with E-state index in [0.717, 1.165) is 30.2 Å². The number of rotatable bonds is 6. The Hall–Kier alpha value is -1.21. The van der Waals surface area contributed by atoms with Crippen LogP contribution in [0.5, 0.6) is 0 Å². The molecule has 3 rings (SSSR count). The average molecular weight is 355 g/mol. The Morgan fingerprint density at radius 1 is 1.50 bits per heavy atom. The van der Waals surface area contributed by atoms with Crippen LogP contribution in [0.15, 0.2) is 27.0 Å². The van der Waals surface area contributed by atoms with Crippen molar-refractivity contribution < 1.29 is 0 Å². The molecule has 0 unspecified atom stereocenters. The lowest BCUT2D eigenvalue weighted by Crippen LogP contribution is -2.25. The van der Waals surface area contributed by atoms with E-state index in [-0.39, 0.29) is 5.56 Å². The summed E-state index contributed by atoms with van der Waals surface area (Å²) in [5, 5.41) is 10.5. The minimum absolute atomic E-state index is 0.0591. The molecule has 0 spiro atoms. The minimum Gasteiger partial charge on any atom is -0.382 e. The van der Waals surface area contributed by atoms with E-state index < -0.39 is 0 Å². The maximum atomic E-state index is 12.1. The van der Waals surface area contributed by atoms with Crippen molar-refractivity contribution in [3.8, 4) is 0 Å². The van der Waals surface area contributed by atoms with Crippen molar-refractivity contribution in [3.63, 3.8) is 0 Å². The number of aromatic nitrogens is 3. The van der Waals surface area contributed by atoms with Crippen molar-refractivity contribution in [2.45, 2.75) is 25.8 Å². The molecule has 2 aromatic heterocycles. The highest BCUT2D eigenvalue weighted by atomic mass is 79.9. The first-order chi connectivity index (χ1) is 9.74. The molecule has 5 nitrogen and oxygen atoms in total. The van der Waals surface area contributed by atoms with E-state index >= 15 is 0 Å². The lowest BCUT2D eigenvalue weighted by atomic mass is 10.4. The number of hydrogen-bond acceptors (Lipinski definition) is 5. The van der Waals surface area contributed by atoms with E-state index in [2.05, 4.69) is 31.3 Å². The number of thiazole rings is 1. The molecule has 0 radical (unpaired) electrons. The fraction of sp³-hybridized carbons (Fsp3) is 0.462. The summed E-state index contributed by atoms with van der Waals surface area (Å²) >= 11 is 5.01. The maximum absolute atomic E-state index is 12.1. The van der Waals surface area contributed by atoms with Crippen LogP contribution < -0.4 is 10.9 Å². The molecule has 1 aliphatic carbocycles. The Morgan fingerprint density at radius 2 is 2.35 bits per heavy atom. The van der Waals surface area contributed by atoms with Crippen LogP contribution in [0.2, 0.25) is 0 Å². The number of anilines is 1. The van der Waals surface area contributed by atoms with Gasteiger partial charge in [-0.2, -0.15) is 5.10 Å². The van der Waals surface area contributed by atoms with E-state index in [1.165, 1.54) is 12.8 Å². The minimum atomic E-state index is -0.0591. The van der Waals surface area contributed by atoms with E-state index in [4.69, 9.17) is 0 Å². The smallest absolute Gasteiger partial charge is 0.283 e. The van der Waals surface area contributed by atoms with Gasteiger partial charge >= 0.3 is 0 Å². The maximum Gasteiger partial charge on any atom is 0.283 e. The second-order valence-electron chi connectivity index (χ2n) is 4.91. The fourth-order valence-corrected chi connectivity index (χ4v) is 3.01. The van der Waals surface area contributed by atoms with Gasteiger partial charge in [-0.25, -0.2) is 9.67 Å². The molecule has 1 N–H and O–H groups in total. The van der Waals surface area contributed by atoms with Gasteiger partial charge in [-0.1, -0.05) is 0 Å². The van der Waals surface area contributed by atoms with Gasteiger partial charge in [-0.3, -0.25) is 4.79 Å². The quantitative estimate of drug-likeness (QED) is 0.865. The van der Waals surface area contributed by atoms with Gasteiger partial charge in [0.2, 0.25) is 0 Å². The van der Waals surface area contributed by atoms with Gasteiger partial charge < -0.3 is 5.32 Å². The predicted molar refractivity (Wildman–Crippen MR) is 83.2 cm³/mol. The summed E-state index contributed by atoms with van der Waals surface area (Å²) in [6, 6.07) is 0. The summed E-state index contributed by atoms with van der Waals surface area (Å²) in [5.41, 5.74) is 0.690. The summed E-state index contributed by atoms with van der Waals surface area (Å²) < 4.78 is 2.11. The molecule has 0 bridgehead atoms. The molecule has 20 heavy (non-hydrogen) atoms. The van der Waals surface area contributed by atoms with E-state index in [0.29, 0.717) is 10.4 Å². The molecular weight excluding hydrogens is 340 g/mol. The summed E-state index contributed by atoms with van der Waals surface area (Å²) in [4.78, 5) is 16.4. The molecule has 106 valence electrons. The molecule has 1 saturated carbocycles. The van der Waals surface area contributed by atoms with Crippen LogP contribution in [0.3, 0.4) is 0 Å². The molecule has 0 saturated heterocycles. The highest BCUT2D eigenvalue weighted by Crippen LogP contribution is 2.30. The lowest BCUT2D eigenvalue weighted by Gasteiger charge is -2.09. The standard InChI is InChI=1S/C13H15BrN4OS/c14-12-10(15-4-3-11-16-5-6-20-11)7-17-18(13(12)19)8-9-1-2-9/h5-7,9,15H,1-4,8H2. The number of hydrogen-bond donors (Lipinski definition) is 1. The van der Waals surface area contributed by atoms with Crippen LogP contribution in [0.25, 0.3) is 0 Å². The van der Waals surface area contributed by atoms with Crippen molar-refractivity contribution in [1.82, 2.24) is 14.8 Å². The van der Waals surface area contributed by atoms with Gasteiger partial charge in [-0.05, 0) is 34.7 Å². The first-order valence-electron chi connectivity index (χ1n) is 6.62. The Labute approximate surface area is 129 Å². The van der Waals surface area contributed by atoms with Crippen molar-refractivity contribution in [2.75, 3.05) is 11.9 Å². The number of halogens is 1. The van der Waals surface area contributed by atoms with Crippen LogP contribution in [0, 0.1) is 5.92 Å². The first-order valence-corrected chi connectivity index (χ1v) is 8.29. The Morgan fingerprint density at radius 3 is 3.05 bits per heavy atom. The zero-order chi connectivity index (χ0) is 13.9. The van der Waals surface area contributed by atoms with E-state index in [1.54, 1.807) is 28.4 Å². The van der Waals surface area contributed by atoms with Gasteiger partial charge in [0.25, 0.3) is 5.56 Å². The van der Waals surface area contributed by atoms with Gasteiger partial charge in [-0.15, -0.1) is 11.3 Å². The average Bonchev–Trinajstić information content (AvgIpc) is 3.11. The lowest BCUT2D eigenvalue weighted by molar-refractivity contribution is 0.532. The van der Waals surface area contributed by atoms with E-state index in [9.17, 15) is 4.79 Å². The summed E-state index contributed by atoms with van der Waals surface area (Å²) in [6.45, 7) is 1.47. The molecule has 2 aromatic rings. The van der Waals surface area contributed by atoms with Crippen molar-refractivity contribution >= 4 is 33.0 Å². The highest BCUT2D eigenvalue weighted by Gasteiger charge is 2.23. The van der Waals surface area contributed by atoms with Crippen LogP contribution in [-0.4, -0.2) is 21.3 Å². The number of nitrogens with one attached hydrogen (secondary N) is 1. The zero-order valence-electron chi connectivity index (χ0n) is 10.9. The van der Waals surface area contributed by atoms with E-state index in [1.807, 2.05) is 5.38 Å². The third-order valence-corrected chi connectivity index (χ3v) is 4.86. The molecule has 2 heterocycles. The fourth-order valence-electron chi connectivity index (χ4n) is 1.94. The first kappa shape index (κ1) is 13.8. The molecule has 1 fully saturated rings. The largest absolute Gasteiger partial charge is 0.382 e. The predicted octanol–water partition coefficient (Wildman–Crippen LogP) is 2.53. The second kappa shape index (κ2) is 6.05. The van der Waals surface area contributed by atoms with Gasteiger partial charge in [0.15, 0.2) is 0 Å². The van der Waals surface area contributed by atoms with Gasteiger partial charge in [0, 0.05) is 31.1 Å². The van der Waals surface area contributed by atoms with Crippen LogP contribution in [0.4, 0.5) is 5.69 Å². The molecule has 0 atom stereocenters. The van der Waals surface area contributed by atoms with Crippen molar-refractivity contribution in [2.24, 2.45) is 5.92 Å². The number of nitrogens with zero attached hydrogens (tertiary/aromatic N) is 3. The second-order valence-corrected chi connectivity index (χ2v) is 6.68.